The van der Waals surface area contributed by atoms with Gasteiger partial charge in [-0.1, -0.05) is 6.07 Å². The molecular weight excluding hydrogens is 281 g/mol. The maximum Gasteiger partial charge on any atom is 0.252 e. The number of rotatable bonds is 6. The predicted octanol–water partition coefficient (Wildman–Crippen LogP) is 1.43. The molecule has 8 heteroatoms. The van der Waals surface area contributed by atoms with Gasteiger partial charge >= 0.3 is 0 Å². The minimum Gasteiger partial charge on any atom is -0.316 e. The van der Waals surface area contributed by atoms with Gasteiger partial charge in [0.15, 0.2) is 0 Å². The quantitative estimate of drug-likeness (QED) is 0.864. The lowest BCUT2D eigenvalue weighted by molar-refractivity contribution is 0.126. The summed E-state index contributed by atoms with van der Waals surface area (Å²) in [6, 6.07) is 3.58. The number of alkyl halides is 2. The van der Waals surface area contributed by atoms with E-state index in [1.54, 1.807) is 7.05 Å². The second-order valence-corrected chi connectivity index (χ2v) is 5.99. The van der Waals surface area contributed by atoms with Crippen LogP contribution in [0.4, 0.5) is 13.2 Å². The molecule has 1 aromatic rings. The summed E-state index contributed by atoms with van der Waals surface area (Å²) in [6.45, 7) is -0.626. The molecule has 0 radical (unpaired) electrons. The second-order valence-electron chi connectivity index (χ2n) is 3.97. The van der Waals surface area contributed by atoms with E-state index in [0.717, 1.165) is 19.2 Å². The number of sulfonamides is 1. The number of nitrogens with zero attached hydrogens (tertiary/aromatic N) is 1. The molecule has 4 nitrogen and oxygen atoms in total. The van der Waals surface area contributed by atoms with Crippen LogP contribution in [0.5, 0.6) is 0 Å². The minimum atomic E-state index is -4.25. The molecule has 108 valence electrons. The van der Waals surface area contributed by atoms with Gasteiger partial charge in [-0.15, -0.1) is 0 Å². The van der Waals surface area contributed by atoms with E-state index in [0.29, 0.717) is 16.4 Å². The van der Waals surface area contributed by atoms with Crippen LogP contribution >= 0.6 is 0 Å². The summed E-state index contributed by atoms with van der Waals surface area (Å²) in [5.74, 6) is -0.957. The zero-order chi connectivity index (χ0) is 14.6. The van der Waals surface area contributed by atoms with Crippen molar-refractivity contribution in [3.8, 4) is 0 Å². The number of hydrogen-bond acceptors (Lipinski definition) is 3. The smallest absolute Gasteiger partial charge is 0.252 e. The summed E-state index contributed by atoms with van der Waals surface area (Å²) < 4.78 is 62.4. The molecule has 0 aromatic heterocycles. The SMILES string of the molecule is CNCc1ccc(F)c(S(=O)(=O)N(C)CC(F)F)c1. The van der Waals surface area contributed by atoms with Crippen LogP contribution in [0.15, 0.2) is 23.1 Å². The Balaban J connectivity index is 3.16. The van der Waals surface area contributed by atoms with Crippen LogP contribution in [0.25, 0.3) is 0 Å². The standard InChI is InChI=1S/C11H15F3N2O2S/c1-15-6-8-3-4-9(12)10(5-8)19(17,18)16(2)7-11(13)14/h3-5,11,15H,6-7H2,1-2H3. The largest absolute Gasteiger partial charge is 0.316 e. The summed E-state index contributed by atoms with van der Waals surface area (Å²) in [4.78, 5) is -0.594. The minimum absolute atomic E-state index is 0.349. The third-order valence-electron chi connectivity index (χ3n) is 2.46. The number of benzene rings is 1. The fraction of sp³-hybridized carbons (Fsp3) is 0.455. The van der Waals surface area contributed by atoms with Gasteiger partial charge in [-0.25, -0.2) is 21.6 Å². The molecule has 1 rings (SSSR count). The van der Waals surface area contributed by atoms with E-state index in [4.69, 9.17) is 0 Å². The average Bonchev–Trinajstić information content (AvgIpc) is 2.30. The highest BCUT2D eigenvalue weighted by Gasteiger charge is 2.26. The summed E-state index contributed by atoms with van der Waals surface area (Å²) in [7, 11) is -1.61. The van der Waals surface area contributed by atoms with E-state index in [1.165, 1.54) is 6.07 Å². The van der Waals surface area contributed by atoms with Crippen molar-refractivity contribution in [1.29, 1.82) is 0 Å². The molecular formula is C11H15F3N2O2S. The van der Waals surface area contributed by atoms with Crippen molar-refractivity contribution in [2.24, 2.45) is 0 Å². The normalized spacial score (nSPS) is 12.4. The van der Waals surface area contributed by atoms with Gasteiger partial charge in [0, 0.05) is 13.6 Å². The fourth-order valence-corrected chi connectivity index (χ4v) is 2.78. The highest BCUT2D eigenvalue weighted by molar-refractivity contribution is 7.89. The molecule has 0 saturated carbocycles. The first-order valence-corrected chi connectivity index (χ1v) is 6.90. The molecule has 0 aliphatic heterocycles. The first-order valence-electron chi connectivity index (χ1n) is 5.46. The maximum absolute atomic E-state index is 13.6. The van der Waals surface area contributed by atoms with Gasteiger partial charge < -0.3 is 5.32 Å². The van der Waals surface area contributed by atoms with Crippen LogP contribution < -0.4 is 5.32 Å². The van der Waals surface area contributed by atoms with Crippen LogP contribution in [0.2, 0.25) is 0 Å². The molecule has 0 unspecified atom stereocenters. The highest BCUT2D eigenvalue weighted by Crippen LogP contribution is 2.20. The first-order chi connectivity index (χ1) is 8.78. The number of halogens is 3. The van der Waals surface area contributed by atoms with Crippen molar-refractivity contribution >= 4 is 10.0 Å². The van der Waals surface area contributed by atoms with E-state index in [2.05, 4.69) is 5.32 Å². The monoisotopic (exact) mass is 296 g/mol. The van der Waals surface area contributed by atoms with Gasteiger partial charge in [0.1, 0.15) is 10.7 Å². The molecule has 19 heavy (non-hydrogen) atoms. The second kappa shape index (κ2) is 6.36. The maximum atomic E-state index is 13.6. The molecule has 0 amide bonds. The van der Waals surface area contributed by atoms with Crippen LogP contribution in [0, 0.1) is 5.82 Å². The molecule has 1 aromatic carbocycles. The van der Waals surface area contributed by atoms with Crippen molar-refractivity contribution in [2.75, 3.05) is 20.6 Å². The summed E-state index contributed by atoms with van der Waals surface area (Å²) >= 11 is 0. The molecule has 0 spiro atoms. The Morgan fingerprint density at radius 2 is 2.00 bits per heavy atom. The molecule has 0 bridgehead atoms. The van der Waals surface area contributed by atoms with Crippen molar-refractivity contribution in [3.05, 3.63) is 29.6 Å². The molecule has 1 N–H and O–H groups in total. The zero-order valence-electron chi connectivity index (χ0n) is 10.5. The Morgan fingerprint density at radius 1 is 1.37 bits per heavy atom. The number of nitrogens with one attached hydrogen (secondary N) is 1. The van der Waals surface area contributed by atoms with Gasteiger partial charge in [0.25, 0.3) is 6.43 Å². The van der Waals surface area contributed by atoms with Crippen molar-refractivity contribution in [2.45, 2.75) is 17.9 Å². The van der Waals surface area contributed by atoms with Crippen molar-refractivity contribution in [1.82, 2.24) is 9.62 Å². The molecule has 0 aliphatic carbocycles. The molecule has 0 saturated heterocycles. The Hall–Kier alpha value is -1.12. The molecule has 0 atom stereocenters. The number of hydrogen-bond donors (Lipinski definition) is 1. The van der Waals surface area contributed by atoms with Gasteiger partial charge in [0.2, 0.25) is 10.0 Å². The van der Waals surface area contributed by atoms with Gasteiger partial charge in [-0.05, 0) is 24.7 Å². The van der Waals surface area contributed by atoms with Gasteiger partial charge in [-0.2, -0.15) is 4.31 Å². The lowest BCUT2D eigenvalue weighted by atomic mass is 10.2. The third-order valence-corrected chi connectivity index (χ3v) is 4.30. The van der Waals surface area contributed by atoms with E-state index < -0.39 is 33.7 Å². The van der Waals surface area contributed by atoms with Crippen LogP contribution in [-0.4, -0.2) is 39.8 Å². The topological polar surface area (TPSA) is 49.4 Å². The first kappa shape index (κ1) is 15.9. The molecule has 0 fully saturated rings. The highest BCUT2D eigenvalue weighted by atomic mass is 32.2. The Bertz CT molecular complexity index is 535. The van der Waals surface area contributed by atoms with E-state index in [9.17, 15) is 21.6 Å². The van der Waals surface area contributed by atoms with Crippen LogP contribution in [-0.2, 0) is 16.6 Å². The third kappa shape index (κ3) is 3.92. The summed E-state index contributed by atoms with van der Waals surface area (Å²) in [5.41, 5.74) is 0.549. The van der Waals surface area contributed by atoms with Gasteiger partial charge in [0.05, 0.1) is 6.54 Å². The van der Waals surface area contributed by atoms with Crippen LogP contribution in [0.1, 0.15) is 5.56 Å². The summed E-state index contributed by atoms with van der Waals surface area (Å²) in [6.07, 6.45) is -2.82. The van der Waals surface area contributed by atoms with E-state index in [-0.39, 0.29) is 0 Å². The Labute approximate surface area is 110 Å². The van der Waals surface area contributed by atoms with E-state index in [1.807, 2.05) is 0 Å². The van der Waals surface area contributed by atoms with Crippen molar-refractivity contribution < 1.29 is 21.6 Å². The average molecular weight is 296 g/mol. The van der Waals surface area contributed by atoms with E-state index >= 15 is 0 Å². The Morgan fingerprint density at radius 3 is 2.53 bits per heavy atom. The molecule has 0 heterocycles. The van der Waals surface area contributed by atoms with Gasteiger partial charge in [-0.3, -0.25) is 0 Å². The Kier molecular flexibility index (Phi) is 5.33. The predicted molar refractivity (Wildman–Crippen MR) is 65.0 cm³/mol. The van der Waals surface area contributed by atoms with Crippen LogP contribution in [0.3, 0.4) is 0 Å². The molecule has 0 aliphatic rings. The summed E-state index contributed by atoms with van der Waals surface area (Å²) in [5, 5.41) is 2.79. The fourth-order valence-electron chi connectivity index (χ4n) is 1.52. The lowest BCUT2D eigenvalue weighted by Gasteiger charge is -2.17. The zero-order valence-corrected chi connectivity index (χ0v) is 11.3. The van der Waals surface area contributed by atoms with Crippen molar-refractivity contribution in [3.63, 3.8) is 0 Å². The lowest BCUT2D eigenvalue weighted by Crippen LogP contribution is -2.32.